The second-order valence-corrected chi connectivity index (χ2v) is 7.11. The quantitative estimate of drug-likeness (QED) is 0.891. The van der Waals surface area contributed by atoms with E-state index in [0.717, 1.165) is 5.56 Å². The summed E-state index contributed by atoms with van der Waals surface area (Å²) < 4.78 is 47.0. The number of hydrogen-bond donors (Lipinski definition) is 1. The van der Waals surface area contributed by atoms with Gasteiger partial charge in [-0.05, 0) is 38.0 Å². The van der Waals surface area contributed by atoms with E-state index < -0.39 is 10.2 Å². The molecule has 2 rings (SSSR count). The first kappa shape index (κ1) is 16.4. The molecule has 1 saturated heterocycles. The van der Waals surface area contributed by atoms with Crippen LogP contribution in [0.25, 0.3) is 0 Å². The van der Waals surface area contributed by atoms with Crippen molar-refractivity contribution in [3.8, 4) is 0 Å². The molecule has 7 heteroatoms. The summed E-state index contributed by atoms with van der Waals surface area (Å²) in [6.45, 7) is 4.64. The molecule has 118 valence electrons. The number of rotatable bonds is 5. The molecule has 0 radical (unpaired) electrons. The van der Waals surface area contributed by atoms with Crippen LogP contribution in [0.2, 0.25) is 0 Å². The first-order chi connectivity index (χ1) is 9.87. The van der Waals surface area contributed by atoms with Gasteiger partial charge in [0.1, 0.15) is 5.82 Å². The Morgan fingerprint density at radius 3 is 2.62 bits per heavy atom. The molecule has 1 N–H and O–H groups in total. The normalized spacial score (nSPS) is 24.1. The van der Waals surface area contributed by atoms with Gasteiger partial charge in [-0.25, -0.2) is 9.11 Å². The van der Waals surface area contributed by atoms with E-state index in [-0.39, 0.29) is 24.6 Å². The largest absolute Gasteiger partial charge is 0.373 e. The van der Waals surface area contributed by atoms with Gasteiger partial charge in [0, 0.05) is 19.6 Å². The number of hydrogen-bond acceptors (Lipinski definition) is 3. The number of benzene rings is 1. The molecular formula is C14H21FN2O3S. The van der Waals surface area contributed by atoms with Gasteiger partial charge in [-0.1, -0.05) is 12.1 Å². The second kappa shape index (κ2) is 6.83. The molecule has 0 spiro atoms. The third-order valence-corrected chi connectivity index (χ3v) is 4.86. The molecule has 1 aromatic carbocycles. The number of nitrogens with zero attached hydrogens (tertiary/aromatic N) is 1. The van der Waals surface area contributed by atoms with Gasteiger partial charge in [-0.3, -0.25) is 0 Å². The fourth-order valence-corrected chi connectivity index (χ4v) is 3.79. The van der Waals surface area contributed by atoms with Crippen LogP contribution >= 0.6 is 0 Å². The van der Waals surface area contributed by atoms with Crippen LogP contribution in [-0.4, -0.2) is 44.6 Å². The molecule has 0 aromatic heterocycles. The molecule has 1 aliphatic heterocycles. The highest BCUT2D eigenvalue weighted by atomic mass is 32.2. The number of nitrogens with one attached hydrogen (secondary N) is 1. The van der Waals surface area contributed by atoms with E-state index in [9.17, 15) is 12.8 Å². The standard InChI is InChI=1S/C14H21FN2O3S/c1-11-9-17(10-12(2)20-11)21(18,19)16-7-6-13-4-3-5-14(15)8-13/h3-5,8,11-12,16H,6-7,9-10H2,1-2H3. The minimum absolute atomic E-state index is 0.117. The maximum Gasteiger partial charge on any atom is 0.279 e. The average molecular weight is 316 g/mol. The molecule has 0 bridgehead atoms. The van der Waals surface area contributed by atoms with E-state index in [4.69, 9.17) is 4.74 Å². The molecule has 1 fully saturated rings. The van der Waals surface area contributed by atoms with Crippen LogP contribution in [0.3, 0.4) is 0 Å². The summed E-state index contributed by atoms with van der Waals surface area (Å²) in [5, 5.41) is 0. The van der Waals surface area contributed by atoms with Crippen molar-refractivity contribution in [1.29, 1.82) is 0 Å². The van der Waals surface area contributed by atoms with Gasteiger partial charge in [0.15, 0.2) is 0 Å². The molecular weight excluding hydrogens is 295 g/mol. The van der Waals surface area contributed by atoms with E-state index in [2.05, 4.69) is 4.72 Å². The zero-order chi connectivity index (χ0) is 15.5. The first-order valence-corrected chi connectivity index (χ1v) is 8.45. The SMILES string of the molecule is CC1CN(S(=O)(=O)NCCc2cccc(F)c2)CC(C)O1. The third kappa shape index (κ3) is 4.74. The Morgan fingerprint density at radius 1 is 1.33 bits per heavy atom. The molecule has 1 aromatic rings. The van der Waals surface area contributed by atoms with Gasteiger partial charge in [-0.2, -0.15) is 12.7 Å². The summed E-state index contributed by atoms with van der Waals surface area (Å²) in [5.41, 5.74) is 0.765. The van der Waals surface area contributed by atoms with Crippen molar-refractivity contribution >= 4 is 10.2 Å². The highest BCUT2D eigenvalue weighted by molar-refractivity contribution is 7.87. The van der Waals surface area contributed by atoms with Crippen LogP contribution in [0.1, 0.15) is 19.4 Å². The average Bonchev–Trinajstić information content (AvgIpc) is 2.37. The molecule has 2 unspecified atom stereocenters. The lowest BCUT2D eigenvalue weighted by Gasteiger charge is -2.34. The van der Waals surface area contributed by atoms with Crippen molar-refractivity contribution < 1.29 is 17.5 Å². The molecule has 1 aliphatic rings. The Labute approximate surface area is 125 Å². The van der Waals surface area contributed by atoms with E-state index >= 15 is 0 Å². The molecule has 1 heterocycles. The van der Waals surface area contributed by atoms with Gasteiger partial charge in [0.2, 0.25) is 0 Å². The maximum absolute atomic E-state index is 13.0. The summed E-state index contributed by atoms with van der Waals surface area (Å²) in [4.78, 5) is 0. The van der Waals surface area contributed by atoms with Gasteiger partial charge < -0.3 is 4.74 Å². The van der Waals surface area contributed by atoms with E-state index in [1.54, 1.807) is 12.1 Å². The highest BCUT2D eigenvalue weighted by Crippen LogP contribution is 2.13. The predicted molar refractivity (Wildman–Crippen MR) is 78.6 cm³/mol. The monoisotopic (exact) mass is 316 g/mol. The number of morpholine rings is 1. The highest BCUT2D eigenvalue weighted by Gasteiger charge is 2.30. The van der Waals surface area contributed by atoms with Gasteiger partial charge in [-0.15, -0.1) is 0 Å². The van der Waals surface area contributed by atoms with Crippen molar-refractivity contribution in [1.82, 2.24) is 9.03 Å². The molecule has 0 amide bonds. The summed E-state index contributed by atoms with van der Waals surface area (Å²) >= 11 is 0. The first-order valence-electron chi connectivity index (χ1n) is 7.01. The molecule has 21 heavy (non-hydrogen) atoms. The van der Waals surface area contributed by atoms with Crippen LogP contribution in [0.4, 0.5) is 4.39 Å². The van der Waals surface area contributed by atoms with Gasteiger partial charge >= 0.3 is 0 Å². The summed E-state index contributed by atoms with van der Waals surface area (Å²) in [7, 11) is -3.52. The summed E-state index contributed by atoms with van der Waals surface area (Å²) in [6.07, 6.45) is 0.217. The molecule has 0 saturated carbocycles. The summed E-state index contributed by atoms with van der Waals surface area (Å²) in [5.74, 6) is -0.314. The smallest absolute Gasteiger partial charge is 0.279 e. The molecule has 0 aliphatic carbocycles. The predicted octanol–water partition coefficient (Wildman–Crippen LogP) is 1.31. The Kier molecular flexibility index (Phi) is 5.32. The van der Waals surface area contributed by atoms with Crippen LogP contribution in [-0.2, 0) is 21.4 Å². The second-order valence-electron chi connectivity index (χ2n) is 5.35. The fraction of sp³-hybridized carbons (Fsp3) is 0.571. The minimum Gasteiger partial charge on any atom is -0.373 e. The van der Waals surface area contributed by atoms with Crippen LogP contribution in [0.5, 0.6) is 0 Å². The van der Waals surface area contributed by atoms with Crippen molar-refractivity contribution in [2.45, 2.75) is 32.5 Å². The van der Waals surface area contributed by atoms with Crippen molar-refractivity contribution in [3.05, 3.63) is 35.6 Å². The Morgan fingerprint density at radius 2 is 2.00 bits per heavy atom. The lowest BCUT2D eigenvalue weighted by atomic mass is 10.1. The van der Waals surface area contributed by atoms with Crippen molar-refractivity contribution in [2.75, 3.05) is 19.6 Å². The number of ether oxygens (including phenoxy) is 1. The topological polar surface area (TPSA) is 58.6 Å². The van der Waals surface area contributed by atoms with Crippen molar-refractivity contribution in [2.24, 2.45) is 0 Å². The maximum atomic E-state index is 13.0. The Balaban J connectivity index is 1.89. The fourth-order valence-electron chi connectivity index (χ4n) is 2.44. The Bertz CT molecular complexity index is 569. The van der Waals surface area contributed by atoms with E-state index in [0.29, 0.717) is 19.5 Å². The van der Waals surface area contributed by atoms with Crippen LogP contribution in [0, 0.1) is 5.82 Å². The summed E-state index contributed by atoms with van der Waals surface area (Å²) in [6, 6.07) is 6.16. The van der Waals surface area contributed by atoms with Crippen LogP contribution < -0.4 is 4.72 Å². The zero-order valence-corrected chi connectivity index (χ0v) is 13.1. The van der Waals surface area contributed by atoms with Gasteiger partial charge in [0.05, 0.1) is 12.2 Å². The third-order valence-electron chi connectivity index (χ3n) is 3.31. The zero-order valence-electron chi connectivity index (χ0n) is 12.3. The van der Waals surface area contributed by atoms with E-state index in [1.165, 1.54) is 16.4 Å². The Hall–Kier alpha value is -1.02. The van der Waals surface area contributed by atoms with Crippen LogP contribution in [0.15, 0.2) is 24.3 Å². The number of halogens is 1. The molecule has 2 atom stereocenters. The minimum atomic E-state index is -3.52. The van der Waals surface area contributed by atoms with Crippen molar-refractivity contribution in [3.63, 3.8) is 0 Å². The molecule has 5 nitrogen and oxygen atoms in total. The lowest BCUT2D eigenvalue weighted by molar-refractivity contribution is -0.0443. The van der Waals surface area contributed by atoms with Gasteiger partial charge in [0.25, 0.3) is 10.2 Å². The van der Waals surface area contributed by atoms with E-state index in [1.807, 2.05) is 13.8 Å². The lowest BCUT2D eigenvalue weighted by Crippen LogP contribution is -2.52.